The number of carbonyl (C=O) groups excluding carboxylic acids is 2. The lowest BCUT2D eigenvalue weighted by Crippen LogP contribution is -2.74. The van der Waals surface area contributed by atoms with Crippen molar-refractivity contribution < 1.29 is 33.8 Å². The predicted octanol–water partition coefficient (Wildman–Crippen LogP) is 0.379. The van der Waals surface area contributed by atoms with E-state index in [1.54, 1.807) is 18.5 Å². The number of nitrogen functional groups attached to an aromatic ring is 1. The fourth-order valence-corrected chi connectivity index (χ4v) is 8.49. The maximum atomic E-state index is 13.1. The van der Waals surface area contributed by atoms with Crippen molar-refractivity contribution in [1.29, 1.82) is 0 Å². The number of anilines is 1. The number of carboxylic acids is 1. The van der Waals surface area contributed by atoms with E-state index < -0.39 is 40.6 Å². The standard InChI is InChI=1S/C23H28FN7O6S4/c24-2-4-37-30-16(14-9-39-22(26)28-14)18(33)29-17-19(34)31-10-23(21(35)36,11-40-20(17)31)41-15-1-3-27-5-12(15)7-38-8-13(25)6-32/h1,3,5,9,13,17,20,32H,2,4,6-8,10-11,25H2,(H2,26,28)(H,29,33)(H,35,36)/t13?,17-,20-,23?/m1/s1. The van der Waals surface area contributed by atoms with E-state index in [-0.39, 0.29) is 48.1 Å². The summed E-state index contributed by atoms with van der Waals surface area (Å²) in [5, 5.41) is 26.9. The van der Waals surface area contributed by atoms with Gasteiger partial charge in [0.2, 0.25) is 5.91 Å². The Bertz CT molecular complexity index is 1300. The van der Waals surface area contributed by atoms with Crippen LogP contribution in [-0.2, 0) is 25.0 Å². The molecular weight excluding hydrogens is 618 g/mol. The number of aliphatic hydroxyl groups is 1. The van der Waals surface area contributed by atoms with Crippen molar-refractivity contribution in [2.75, 3.05) is 43.7 Å². The smallest absolute Gasteiger partial charge is 0.322 e. The average Bonchev–Trinajstić information content (AvgIpc) is 3.40. The molecule has 2 unspecified atom stereocenters. The minimum atomic E-state index is -1.33. The molecule has 41 heavy (non-hydrogen) atoms. The lowest BCUT2D eigenvalue weighted by atomic mass is 10.0. The molecule has 7 N–H and O–H groups in total. The zero-order valence-electron chi connectivity index (χ0n) is 21.5. The number of fused-ring (bicyclic) bond motifs is 1. The molecule has 18 heteroatoms. The van der Waals surface area contributed by atoms with Crippen molar-refractivity contribution in [2.24, 2.45) is 10.9 Å². The predicted molar refractivity (Wildman–Crippen MR) is 157 cm³/mol. The Morgan fingerprint density at radius 3 is 2.93 bits per heavy atom. The number of aliphatic carboxylic acids is 1. The van der Waals surface area contributed by atoms with Crippen molar-refractivity contribution >= 4 is 75.2 Å². The third-order valence-electron chi connectivity index (χ3n) is 6.02. The van der Waals surface area contributed by atoms with Gasteiger partial charge in [0.15, 0.2) is 10.8 Å². The normalized spacial score (nSPS) is 23.0. The third-order valence-corrected chi connectivity index (χ3v) is 11.0. The number of aromatic nitrogens is 2. The van der Waals surface area contributed by atoms with Gasteiger partial charge in [0.25, 0.3) is 5.91 Å². The second-order valence-corrected chi connectivity index (χ2v) is 13.4. The number of carbonyl (C=O) groups is 3. The second-order valence-electron chi connectivity index (χ2n) is 8.99. The summed E-state index contributed by atoms with van der Waals surface area (Å²) < 4.78 is 11.2. The number of hydrogen-bond acceptors (Lipinski definition) is 14. The highest BCUT2D eigenvalue weighted by atomic mass is 32.2. The zero-order chi connectivity index (χ0) is 29.6. The summed E-state index contributed by atoms with van der Waals surface area (Å²) >= 11 is 5.00. The molecule has 2 saturated heterocycles. The van der Waals surface area contributed by atoms with Crippen LogP contribution in [0.15, 0.2) is 33.9 Å². The minimum Gasteiger partial charge on any atom is -0.480 e. The highest BCUT2D eigenvalue weighted by Crippen LogP contribution is 2.47. The summed E-state index contributed by atoms with van der Waals surface area (Å²) in [7, 11) is 0. The van der Waals surface area contributed by atoms with Crippen molar-refractivity contribution in [2.45, 2.75) is 32.9 Å². The number of aliphatic hydroxyl groups excluding tert-OH is 1. The highest BCUT2D eigenvalue weighted by molar-refractivity contribution is 8.05. The van der Waals surface area contributed by atoms with Gasteiger partial charge in [-0.05, 0) is 11.6 Å². The Labute approximate surface area is 251 Å². The highest BCUT2D eigenvalue weighted by Gasteiger charge is 2.58. The first-order valence-electron chi connectivity index (χ1n) is 12.2. The lowest BCUT2D eigenvalue weighted by molar-refractivity contribution is -0.151. The van der Waals surface area contributed by atoms with E-state index in [2.05, 4.69) is 20.4 Å². The van der Waals surface area contributed by atoms with E-state index >= 15 is 0 Å². The van der Waals surface area contributed by atoms with Gasteiger partial charge in [0.1, 0.15) is 35.1 Å². The zero-order valence-corrected chi connectivity index (χ0v) is 24.7. The number of carboxylic acid groups (broad SMARTS) is 1. The number of thioether (sulfide) groups is 3. The monoisotopic (exact) mass is 645 g/mol. The minimum absolute atomic E-state index is 0.0661. The van der Waals surface area contributed by atoms with Crippen LogP contribution < -0.4 is 16.8 Å². The van der Waals surface area contributed by atoms with E-state index in [4.69, 9.17) is 21.4 Å². The van der Waals surface area contributed by atoms with Gasteiger partial charge in [0, 0.05) is 52.5 Å². The van der Waals surface area contributed by atoms with Crippen LogP contribution in [0.25, 0.3) is 0 Å². The van der Waals surface area contributed by atoms with E-state index in [1.165, 1.54) is 33.8 Å². The molecule has 0 saturated carbocycles. The number of pyridine rings is 1. The van der Waals surface area contributed by atoms with Gasteiger partial charge in [-0.2, -0.15) is 11.8 Å². The van der Waals surface area contributed by atoms with Crippen LogP contribution in [0.4, 0.5) is 9.52 Å². The van der Waals surface area contributed by atoms with Gasteiger partial charge in [-0.15, -0.1) is 34.9 Å². The summed E-state index contributed by atoms with van der Waals surface area (Å²) in [5.74, 6) is -1.04. The number of β-lactam (4-membered cyclic amide) rings is 1. The second kappa shape index (κ2) is 14.0. The first kappa shape index (κ1) is 31.3. The lowest BCUT2D eigenvalue weighted by Gasteiger charge is -2.53. The molecule has 0 radical (unpaired) electrons. The van der Waals surface area contributed by atoms with Gasteiger partial charge in [-0.3, -0.25) is 19.4 Å². The van der Waals surface area contributed by atoms with E-state index in [0.29, 0.717) is 11.5 Å². The van der Waals surface area contributed by atoms with Crippen LogP contribution in [0.2, 0.25) is 0 Å². The molecule has 2 aromatic heterocycles. The van der Waals surface area contributed by atoms with E-state index in [1.807, 2.05) is 0 Å². The number of alkyl halides is 1. The molecule has 2 aliphatic heterocycles. The number of nitrogens with zero attached hydrogens (tertiary/aromatic N) is 4. The number of nitrogens with two attached hydrogens (primary N) is 2. The maximum Gasteiger partial charge on any atom is 0.322 e. The Morgan fingerprint density at radius 1 is 1.44 bits per heavy atom. The number of thiazole rings is 1. The molecule has 0 aromatic carbocycles. The summed E-state index contributed by atoms with van der Waals surface area (Å²) in [5.41, 5.74) is 12.1. The fraction of sp³-hybridized carbons (Fsp3) is 0.478. The number of oxime groups is 1. The molecule has 222 valence electrons. The van der Waals surface area contributed by atoms with Crippen molar-refractivity contribution in [3.05, 3.63) is 35.1 Å². The summed E-state index contributed by atoms with van der Waals surface area (Å²) in [4.78, 5) is 53.9. The average molecular weight is 646 g/mol. The molecule has 2 fully saturated rings. The fourth-order valence-electron chi connectivity index (χ4n) is 3.95. The molecule has 4 heterocycles. The van der Waals surface area contributed by atoms with E-state index in [0.717, 1.165) is 33.6 Å². The molecule has 4 atom stereocenters. The van der Waals surface area contributed by atoms with Crippen LogP contribution in [0.3, 0.4) is 0 Å². The van der Waals surface area contributed by atoms with Crippen LogP contribution in [0.1, 0.15) is 11.3 Å². The van der Waals surface area contributed by atoms with Crippen LogP contribution >= 0.6 is 46.6 Å². The summed E-state index contributed by atoms with van der Waals surface area (Å²) in [6.07, 6.45) is 3.25. The van der Waals surface area contributed by atoms with Crippen LogP contribution in [0.5, 0.6) is 0 Å². The van der Waals surface area contributed by atoms with Gasteiger partial charge in [0.05, 0.1) is 6.61 Å². The quantitative estimate of drug-likeness (QED) is 0.0816. The molecule has 0 bridgehead atoms. The molecule has 4 rings (SSSR count). The number of hydrogen-bond donors (Lipinski definition) is 5. The Morgan fingerprint density at radius 2 is 2.24 bits per heavy atom. The molecule has 0 aliphatic carbocycles. The van der Waals surface area contributed by atoms with Gasteiger partial charge in [-0.1, -0.05) is 5.16 Å². The van der Waals surface area contributed by atoms with Crippen molar-refractivity contribution in [3.63, 3.8) is 0 Å². The molecular formula is C23H28FN7O6S4. The molecule has 2 aromatic rings. The summed E-state index contributed by atoms with van der Waals surface area (Å²) in [6.45, 7) is -1.38. The van der Waals surface area contributed by atoms with Gasteiger partial charge in [-0.25, -0.2) is 9.37 Å². The maximum absolute atomic E-state index is 13.1. The number of nitrogens with one attached hydrogen (secondary N) is 1. The summed E-state index contributed by atoms with van der Waals surface area (Å²) in [6, 6.07) is 0.460. The largest absolute Gasteiger partial charge is 0.480 e. The van der Waals surface area contributed by atoms with Crippen molar-refractivity contribution in [1.82, 2.24) is 20.2 Å². The van der Waals surface area contributed by atoms with Crippen LogP contribution in [-0.4, -0.2) is 109 Å². The first-order chi connectivity index (χ1) is 19.7. The Hall–Kier alpha value is -2.64. The number of rotatable bonds is 14. The molecule has 2 amide bonds. The number of amides is 2. The Balaban J connectivity index is 1.44. The van der Waals surface area contributed by atoms with E-state index in [9.17, 15) is 23.9 Å². The molecule has 13 nitrogen and oxygen atoms in total. The van der Waals surface area contributed by atoms with Crippen molar-refractivity contribution in [3.8, 4) is 0 Å². The SMILES string of the molecule is Nc1nc(C(=NOCCF)C(=O)N[C@@H]2C(=O)N3CC(Sc4ccncc4CSCC(N)CO)(C(=O)O)CS[C@H]23)cs1. The van der Waals surface area contributed by atoms with Gasteiger partial charge < -0.3 is 36.7 Å². The first-order valence-corrected chi connectivity index (χ1v) is 16.1. The molecule has 2 aliphatic rings. The number of halogens is 1. The Kier molecular flexibility index (Phi) is 10.7. The van der Waals surface area contributed by atoms with Crippen LogP contribution in [0, 0.1) is 0 Å². The third kappa shape index (κ3) is 7.23. The molecule has 0 spiro atoms. The topological polar surface area (TPSA) is 206 Å². The van der Waals surface area contributed by atoms with Gasteiger partial charge >= 0.3 is 5.97 Å².